The lowest BCUT2D eigenvalue weighted by atomic mass is 9.91. The van der Waals surface area contributed by atoms with E-state index in [4.69, 9.17) is 19.3 Å². The van der Waals surface area contributed by atoms with Crippen molar-refractivity contribution in [3.8, 4) is 28.4 Å². The molecule has 0 bridgehead atoms. The Hall–Kier alpha value is -3.32. The molecule has 1 fully saturated rings. The number of nitrogens with zero attached hydrogens (tertiary/aromatic N) is 2. The summed E-state index contributed by atoms with van der Waals surface area (Å²) >= 11 is 0. The van der Waals surface area contributed by atoms with Gasteiger partial charge < -0.3 is 19.5 Å². The molecule has 1 N–H and O–H groups in total. The molecule has 0 unspecified atom stereocenters. The van der Waals surface area contributed by atoms with Crippen LogP contribution < -0.4 is 14.8 Å². The van der Waals surface area contributed by atoms with Gasteiger partial charge in [0.2, 0.25) is 0 Å². The second kappa shape index (κ2) is 9.87. The van der Waals surface area contributed by atoms with Gasteiger partial charge in [0.15, 0.2) is 0 Å². The van der Waals surface area contributed by atoms with E-state index in [9.17, 15) is 4.79 Å². The molecule has 0 radical (unpaired) electrons. The molecule has 4 rings (SSSR count). The summed E-state index contributed by atoms with van der Waals surface area (Å²) in [6.07, 6.45) is 1.99. The molecule has 7 nitrogen and oxygen atoms in total. The fourth-order valence-electron chi connectivity index (χ4n) is 4.16. The summed E-state index contributed by atoms with van der Waals surface area (Å²) in [7, 11) is 3.30. The molecule has 0 aliphatic carbocycles. The number of hydrogen-bond donors (Lipinski definition) is 1. The van der Waals surface area contributed by atoms with Gasteiger partial charge in [0.05, 0.1) is 31.3 Å². The van der Waals surface area contributed by atoms with Crippen molar-refractivity contribution in [1.29, 1.82) is 0 Å². The molecule has 1 aliphatic rings. The lowest BCUT2D eigenvalue weighted by Crippen LogP contribution is -2.27. The van der Waals surface area contributed by atoms with Gasteiger partial charge in [-0.05, 0) is 74.5 Å². The quantitative estimate of drug-likeness (QED) is 0.564. The van der Waals surface area contributed by atoms with Crippen LogP contribution in [0.2, 0.25) is 0 Å². The number of esters is 1. The van der Waals surface area contributed by atoms with Crippen LogP contribution >= 0.6 is 0 Å². The molecule has 1 aliphatic heterocycles. The molecule has 2 heterocycles. The van der Waals surface area contributed by atoms with Gasteiger partial charge in [-0.2, -0.15) is 5.10 Å². The highest BCUT2D eigenvalue weighted by atomic mass is 16.5. The van der Waals surface area contributed by atoms with Gasteiger partial charge in [0.1, 0.15) is 18.1 Å². The zero-order valence-electron chi connectivity index (χ0n) is 18.8. The minimum atomic E-state index is -0.306. The average Bonchev–Trinajstić information content (AvgIpc) is 3.23. The lowest BCUT2D eigenvalue weighted by molar-refractivity contribution is -0.142. The molecule has 1 aromatic heterocycles. The Morgan fingerprint density at radius 1 is 1.00 bits per heavy atom. The maximum absolute atomic E-state index is 11.7. The predicted molar refractivity (Wildman–Crippen MR) is 122 cm³/mol. The van der Waals surface area contributed by atoms with E-state index in [1.54, 1.807) is 14.2 Å². The minimum absolute atomic E-state index is 0.187. The molecule has 0 atom stereocenters. The number of hydrogen-bond acceptors (Lipinski definition) is 6. The monoisotopic (exact) mass is 435 g/mol. The SMILES string of the molecule is COc1ccc(-c2c(COC(C)=O)c(C3CCNCC3)nn2-c2ccc(OC)cc2)cc1. The third-order valence-corrected chi connectivity index (χ3v) is 5.84. The standard InChI is InChI=1S/C25H29N3O4/c1-17(29)32-16-23-24(18-12-14-26-15-13-18)27-28(20-6-10-22(31-3)11-7-20)25(23)19-4-8-21(30-2)9-5-19/h4-11,18,26H,12-16H2,1-3H3. The number of piperidine rings is 1. The van der Waals surface area contributed by atoms with E-state index >= 15 is 0 Å². The van der Waals surface area contributed by atoms with Gasteiger partial charge in [-0.15, -0.1) is 0 Å². The van der Waals surface area contributed by atoms with Crippen molar-refractivity contribution in [2.45, 2.75) is 32.3 Å². The first kappa shape index (κ1) is 21.9. The van der Waals surface area contributed by atoms with Crippen LogP contribution in [-0.4, -0.2) is 43.1 Å². The number of ether oxygens (including phenoxy) is 3. The zero-order valence-corrected chi connectivity index (χ0v) is 18.8. The van der Waals surface area contributed by atoms with Crippen LogP contribution in [-0.2, 0) is 16.1 Å². The summed E-state index contributed by atoms with van der Waals surface area (Å²) in [6, 6.07) is 15.7. The molecule has 0 spiro atoms. The van der Waals surface area contributed by atoms with E-state index in [2.05, 4.69) is 5.32 Å². The summed E-state index contributed by atoms with van der Waals surface area (Å²) in [5.41, 5.74) is 4.77. The summed E-state index contributed by atoms with van der Waals surface area (Å²) < 4.78 is 18.1. The van der Waals surface area contributed by atoms with Crippen molar-refractivity contribution in [1.82, 2.24) is 15.1 Å². The molecule has 7 heteroatoms. The highest BCUT2D eigenvalue weighted by Gasteiger charge is 2.27. The smallest absolute Gasteiger partial charge is 0.302 e. The number of nitrogens with one attached hydrogen (secondary N) is 1. The van der Waals surface area contributed by atoms with E-state index in [-0.39, 0.29) is 12.6 Å². The molecule has 1 saturated heterocycles. The van der Waals surface area contributed by atoms with Crippen molar-refractivity contribution in [2.24, 2.45) is 0 Å². The first-order valence-electron chi connectivity index (χ1n) is 10.9. The van der Waals surface area contributed by atoms with Gasteiger partial charge >= 0.3 is 5.97 Å². The molecule has 168 valence electrons. The Morgan fingerprint density at radius 3 is 2.16 bits per heavy atom. The Labute approximate surface area is 188 Å². The third kappa shape index (κ3) is 4.62. The number of benzene rings is 2. The van der Waals surface area contributed by atoms with Gasteiger partial charge in [-0.25, -0.2) is 4.68 Å². The fourth-order valence-corrected chi connectivity index (χ4v) is 4.16. The molecule has 0 saturated carbocycles. The predicted octanol–water partition coefficient (Wildman–Crippen LogP) is 4.09. The second-order valence-electron chi connectivity index (χ2n) is 7.86. The maximum atomic E-state index is 11.7. The van der Waals surface area contributed by atoms with Gasteiger partial charge in [0, 0.05) is 24.0 Å². The molecule has 0 amide bonds. The molecular weight excluding hydrogens is 406 g/mol. The van der Waals surface area contributed by atoms with E-state index in [1.165, 1.54) is 6.92 Å². The van der Waals surface area contributed by atoms with Crippen LogP contribution in [0.5, 0.6) is 11.5 Å². The Morgan fingerprint density at radius 2 is 1.59 bits per heavy atom. The Balaban J connectivity index is 1.89. The number of carbonyl (C=O) groups is 1. The fraction of sp³-hybridized carbons (Fsp3) is 0.360. The van der Waals surface area contributed by atoms with Crippen LogP contribution in [0.25, 0.3) is 16.9 Å². The second-order valence-corrected chi connectivity index (χ2v) is 7.86. The molecule has 2 aromatic carbocycles. The summed E-state index contributed by atoms with van der Waals surface area (Å²) in [6.45, 7) is 3.52. The number of aromatic nitrogens is 2. The van der Waals surface area contributed by atoms with Crippen LogP contribution in [0, 0.1) is 0 Å². The Bertz CT molecular complexity index is 1050. The van der Waals surface area contributed by atoms with Crippen LogP contribution in [0.4, 0.5) is 0 Å². The first-order valence-corrected chi connectivity index (χ1v) is 10.9. The first-order chi connectivity index (χ1) is 15.6. The largest absolute Gasteiger partial charge is 0.497 e. The molecular formula is C25H29N3O4. The average molecular weight is 436 g/mol. The summed E-state index contributed by atoms with van der Waals surface area (Å²) in [5, 5.41) is 8.50. The van der Waals surface area contributed by atoms with Crippen molar-refractivity contribution < 1.29 is 19.0 Å². The van der Waals surface area contributed by atoms with Crippen molar-refractivity contribution in [3.63, 3.8) is 0 Å². The van der Waals surface area contributed by atoms with Crippen LogP contribution in [0.3, 0.4) is 0 Å². The van der Waals surface area contributed by atoms with Gasteiger partial charge in [0.25, 0.3) is 0 Å². The van der Waals surface area contributed by atoms with Crippen LogP contribution in [0.1, 0.15) is 36.9 Å². The zero-order chi connectivity index (χ0) is 22.5. The number of rotatable bonds is 7. The number of carbonyl (C=O) groups excluding carboxylic acids is 1. The van der Waals surface area contributed by atoms with Crippen LogP contribution in [0.15, 0.2) is 48.5 Å². The summed E-state index contributed by atoms with van der Waals surface area (Å²) in [4.78, 5) is 11.7. The van der Waals surface area contributed by atoms with E-state index in [0.717, 1.165) is 65.6 Å². The topological polar surface area (TPSA) is 74.6 Å². The molecule has 32 heavy (non-hydrogen) atoms. The van der Waals surface area contributed by atoms with Crippen molar-refractivity contribution >= 4 is 5.97 Å². The minimum Gasteiger partial charge on any atom is -0.497 e. The van der Waals surface area contributed by atoms with Gasteiger partial charge in [-0.3, -0.25) is 4.79 Å². The third-order valence-electron chi connectivity index (χ3n) is 5.84. The summed E-state index contributed by atoms with van der Waals surface area (Å²) in [5.74, 6) is 1.56. The van der Waals surface area contributed by atoms with Gasteiger partial charge in [-0.1, -0.05) is 0 Å². The highest BCUT2D eigenvalue weighted by molar-refractivity contribution is 5.70. The molecule has 3 aromatic rings. The van der Waals surface area contributed by atoms with Crippen molar-refractivity contribution in [3.05, 3.63) is 59.8 Å². The van der Waals surface area contributed by atoms with E-state index in [1.807, 2.05) is 53.2 Å². The van der Waals surface area contributed by atoms with E-state index in [0.29, 0.717) is 5.92 Å². The maximum Gasteiger partial charge on any atom is 0.302 e. The van der Waals surface area contributed by atoms with E-state index < -0.39 is 0 Å². The normalized spacial score (nSPS) is 14.2. The Kier molecular flexibility index (Phi) is 6.75. The van der Waals surface area contributed by atoms with Crippen molar-refractivity contribution in [2.75, 3.05) is 27.3 Å². The highest BCUT2D eigenvalue weighted by Crippen LogP contribution is 2.37. The lowest BCUT2D eigenvalue weighted by Gasteiger charge is -2.22. The number of methoxy groups -OCH3 is 2.